The van der Waals surface area contributed by atoms with E-state index in [0.717, 1.165) is 11.1 Å². The lowest BCUT2D eigenvalue weighted by molar-refractivity contribution is 0.478. The van der Waals surface area contributed by atoms with Gasteiger partial charge in [0.25, 0.3) is 0 Å². The molecule has 2 rings (SSSR count). The Morgan fingerprint density at radius 2 is 1.83 bits per heavy atom. The normalized spacial score (nSPS) is 10.4. The van der Waals surface area contributed by atoms with Crippen LogP contribution in [0.1, 0.15) is 11.1 Å². The van der Waals surface area contributed by atoms with E-state index >= 15 is 0 Å². The van der Waals surface area contributed by atoms with Crippen LogP contribution in [0.3, 0.4) is 0 Å². The highest BCUT2D eigenvalue weighted by atomic mass is 35.5. The third-order valence-electron chi connectivity index (χ3n) is 2.50. The van der Waals surface area contributed by atoms with E-state index < -0.39 is 0 Å². The van der Waals surface area contributed by atoms with E-state index in [1.807, 2.05) is 25.1 Å². The molecule has 0 spiro atoms. The lowest BCUT2D eigenvalue weighted by Gasteiger charge is -2.12. The number of hydrogen-bond donors (Lipinski definition) is 0. The third kappa shape index (κ3) is 2.92. The molecule has 0 atom stereocenters. The number of rotatable bonds is 3. The standard InChI is InChI=1S/C14H11Cl3O/c1-9-5-6-12(10(7-9)8-15)18-13-4-2-3-11(16)14(13)17/h2-7H,8H2,1H3. The fraction of sp³-hybridized carbons (Fsp3) is 0.143. The van der Waals surface area contributed by atoms with Crippen molar-refractivity contribution in [3.05, 3.63) is 57.6 Å². The van der Waals surface area contributed by atoms with E-state index in [1.54, 1.807) is 18.2 Å². The monoisotopic (exact) mass is 300 g/mol. The second kappa shape index (κ2) is 5.83. The second-order valence-corrected chi connectivity index (χ2v) is 4.95. The Hall–Kier alpha value is -0.890. The summed E-state index contributed by atoms with van der Waals surface area (Å²) in [5.41, 5.74) is 2.06. The van der Waals surface area contributed by atoms with Gasteiger partial charge in [-0.05, 0) is 25.1 Å². The lowest BCUT2D eigenvalue weighted by Crippen LogP contribution is -1.91. The van der Waals surface area contributed by atoms with Gasteiger partial charge in [0.2, 0.25) is 0 Å². The van der Waals surface area contributed by atoms with E-state index in [9.17, 15) is 0 Å². The fourth-order valence-electron chi connectivity index (χ4n) is 1.59. The summed E-state index contributed by atoms with van der Waals surface area (Å²) in [4.78, 5) is 0. The third-order valence-corrected chi connectivity index (χ3v) is 3.59. The molecule has 0 aromatic heterocycles. The molecule has 0 unspecified atom stereocenters. The van der Waals surface area contributed by atoms with Gasteiger partial charge in [-0.3, -0.25) is 0 Å². The van der Waals surface area contributed by atoms with Gasteiger partial charge in [-0.1, -0.05) is 47.0 Å². The van der Waals surface area contributed by atoms with Crippen molar-refractivity contribution in [3.8, 4) is 11.5 Å². The molecule has 2 aromatic carbocycles. The van der Waals surface area contributed by atoms with Crippen molar-refractivity contribution in [1.29, 1.82) is 0 Å². The Morgan fingerprint density at radius 3 is 2.56 bits per heavy atom. The predicted octanol–water partition coefficient (Wildman–Crippen LogP) is 5.83. The molecule has 1 nitrogen and oxygen atoms in total. The minimum Gasteiger partial charge on any atom is -0.455 e. The summed E-state index contributed by atoms with van der Waals surface area (Å²) in [5.74, 6) is 1.61. The molecule has 0 saturated heterocycles. The largest absolute Gasteiger partial charge is 0.455 e. The van der Waals surface area contributed by atoms with Crippen LogP contribution in [0.25, 0.3) is 0 Å². The highest BCUT2D eigenvalue weighted by Gasteiger charge is 2.09. The molecule has 0 aliphatic rings. The van der Waals surface area contributed by atoms with Crippen molar-refractivity contribution in [2.24, 2.45) is 0 Å². The fourth-order valence-corrected chi connectivity index (χ4v) is 2.13. The number of alkyl halides is 1. The van der Waals surface area contributed by atoms with Gasteiger partial charge >= 0.3 is 0 Å². The summed E-state index contributed by atoms with van der Waals surface area (Å²) in [6.07, 6.45) is 0. The van der Waals surface area contributed by atoms with Gasteiger partial charge in [0.15, 0.2) is 0 Å². The van der Waals surface area contributed by atoms with Crippen LogP contribution in [0.4, 0.5) is 0 Å². The molecule has 0 fully saturated rings. The van der Waals surface area contributed by atoms with Crippen LogP contribution in [-0.4, -0.2) is 0 Å². The van der Waals surface area contributed by atoms with E-state index in [4.69, 9.17) is 39.5 Å². The van der Waals surface area contributed by atoms with Gasteiger partial charge in [0.05, 0.1) is 10.9 Å². The Bertz CT molecular complexity index is 567. The minimum absolute atomic E-state index is 0.384. The number of ether oxygens (including phenoxy) is 1. The molecule has 2 aromatic rings. The van der Waals surface area contributed by atoms with E-state index in [-0.39, 0.29) is 0 Å². The first-order chi connectivity index (χ1) is 8.61. The topological polar surface area (TPSA) is 9.23 Å². The van der Waals surface area contributed by atoms with Crippen LogP contribution >= 0.6 is 34.8 Å². The molecule has 0 aliphatic carbocycles. The summed E-state index contributed by atoms with van der Waals surface area (Å²) >= 11 is 17.9. The molecule has 0 aliphatic heterocycles. The molecule has 18 heavy (non-hydrogen) atoms. The first-order valence-corrected chi connectivity index (χ1v) is 6.68. The SMILES string of the molecule is Cc1ccc(Oc2cccc(Cl)c2Cl)c(CCl)c1. The maximum Gasteiger partial charge on any atom is 0.147 e. The first kappa shape index (κ1) is 13.5. The Morgan fingerprint density at radius 1 is 1.06 bits per heavy atom. The zero-order chi connectivity index (χ0) is 13.1. The number of hydrogen-bond acceptors (Lipinski definition) is 1. The van der Waals surface area contributed by atoms with Crippen LogP contribution in [0.2, 0.25) is 10.0 Å². The van der Waals surface area contributed by atoms with Gasteiger partial charge < -0.3 is 4.74 Å². The summed E-state index contributed by atoms with van der Waals surface area (Å²) in [7, 11) is 0. The Kier molecular flexibility index (Phi) is 4.39. The van der Waals surface area contributed by atoms with Gasteiger partial charge in [-0.2, -0.15) is 0 Å². The average Bonchev–Trinajstić information content (AvgIpc) is 2.37. The summed E-state index contributed by atoms with van der Waals surface area (Å²) in [5, 5.41) is 0.869. The summed E-state index contributed by atoms with van der Waals surface area (Å²) in [6.45, 7) is 2.01. The number of aryl methyl sites for hydroxylation is 1. The van der Waals surface area contributed by atoms with E-state index in [0.29, 0.717) is 27.4 Å². The minimum atomic E-state index is 0.384. The van der Waals surface area contributed by atoms with Crippen LogP contribution in [0.5, 0.6) is 11.5 Å². The lowest BCUT2D eigenvalue weighted by atomic mass is 10.1. The molecule has 94 valence electrons. The zero-order valence-electron chi connectivity index (χ0n) is 9.71. The molecule has 0 saturated carbocycles. The van der Waals surface area contributed by atoms with Gasteiger partial charge in [-0.15, -0.1) is 11.6 Å². The summed E-state index contributed by atoms with van der Waals surface area (Å²) < 4.78 is 5.77. The van der Waals surface area contributed by atoms with Crippen molar-refractivity contribution in [2.45, 2.75) is 12.8 Å². The van der Waals surface area contributed by atoms with Gasteiger partial charge in [0, 0.05) is 5.56 Å². The van der Waals surface area contributed by atoms with Gasteiger partial charge in [0.1, 0.15) is 16.5 Å². The van der Waals surface area contributed by atoms with E-state index in [1.165, 1.54) is 0 Å². The van der Waals surface area contributed by atoms with Crippen molar-refractivity contribution in [2.75, 3.05) is 0 Å². The van der Waals surface area contributed by atoms with E-state index in [2.05, 4.69) is 0 Å². The molecule has 4 heteroatoms. The Balaban J connectivity index is 2.37. The molecule has 0 heterocycles. The predicted molar refractivity (Wildman–Crippen MR) is 77.3 cm³/mol. The van der Waals surface area contributed by atoms with Crippen LogP contribution in [-0.2, 0) is 5.88 Å². The van der Waals surface area contributed by atoms with Gasteiger partial charge in [-0.25, -0.2) is 0 Å². The maximum absolute atomic E-state index is 6.08. The van der Waals surface area contributed by atoms with Crippen molar-refractivity contribution >= 4 is 34.8 Å². The highest BCUT2D eigenvalue weighted by Crippen LogP contribution is 2.36. The van der Waals surface area contributed by atoms with Crippen molar-refractivity contribution in [3.63, 3.8) is 0 Å². The van der Waals surface area contributed by atoms with Crippen LogP contribution < -0.4 is 4.74 Å². The first-order valence-electron chi connectivity index (χ1n) is 5.39. The Labute approximate surface area is 121 Å². The summed E-state index contributed by atoms with van der Waals surface area (Å²) in [6, 6.07) is 11.1. The molecule has 0 bridgehead atoms. The zero-order valence-corrected chi connectivity index (χ0v) is 12.0. The molecular formula is C14H11Cl3O. The molecule has 0 radical (unpaired) electrons. The maximum atomic E-state index is 6.08. The van der Waals surface area contributed by atoms with Crippen molar-refractivity contribution in [1.82, 2.24) is 0 Å². The quantitative estimate of drug-likeness (QED) is 0.648. The number of benzene rings is 2. The van der Waals surface area contributed by atoms with Crippen LogP contribution in [0.15, 0.2) is 36.4 Å². The molecule has 0 N–H and O–H groups in total. The second-order valence-electron chi connectivity index (χ2n) is 3.90. The highest BCUT2D eigenvalue weighted by molar-refractivity contribution is 6.42. The molecular weight excluding hydrogens is 291 g/mol. The molecule has 0 amide bonds. The van der Waals surface area contributed by atoms with Crippen LogP contribution in [0, 0.1) is 6.92 Å². The number of halogens is 3. The van der Waals surface area contributed by atoms with Crippen molar-refractivity contribution < 1.29 is 4.74 Å². The smallest absolute Gasteiger partial charge is 0.147 e. The average molecular weight is 302 g/mol.